The van der Waals surface area contributed by atoms with Crippen LogP contribution in [0.5, 0.6) is 5.75 Å². The zero-order chi connectivity index (χ0) is 20.1. The third-order valence-electron chi connectivity index (χ3n) is 4.07. The third-order valence-corrected chi connectivity index (χ3v) is 5.69. The molecule has 2 aromatic rings. The van der Waals surface area contributed by atoms with Crippen molar-refractivity contribution in [3.05, 3.63) is 44.2 Å². The summed E-state index contributed by atoms with van der Waals surface area (Å²) < 4.78 is 11.8. The molecule has 1 N–H and O–H groups in total. The molecule has 0 unspecified atom stereocenters. The molecule has 0 aliphatic heterocycles. The molecule has 1 amide bonds. The van der Waals surface area contributed by atoms with Gasteiger partial charge in [0.25, 0.3) is 5.91 Å². The molecule has 0 atom stereocenters. The van der Waals surface area contributed by atoms with E-state index in [-0.39, 0.29) is 25.0 Å². The van der Waals surface area contributed by atoms with Crippen LogP contribution in [0, 0.1) is 13.8 Å². The topological polar surface area (TPSA) is 64.6 Å². The van der Waals surface area contributed by atoms with Crippen LogP contribution in [0.3, 0.4) is 0 Å². The van der Waals surface area contributed by atoms with Crippen molar-refractivity contribution in [3.63, 3.8) is 0 Å². The highest BCUT2D eigenvalue weighted by molar-refractivity contribution is 9.10. The van der Waals surface area contributed by atoms with Crippen molar-refractivity contribution in [3.8, 4) is 5.75 Å². The first-order chi connectivity index (χ1) is 12.7. The van der Waals surface area contributed by atoms with Gasteiger partial charge in [-0.1, -0.05) is 29.8 Å². The molecule has 0 aliphatic rings. The van der Waals surface area contributed by atoms with Crippen LogP contribution in [0.2, 0.25) is 0 Å². The van der Waals surface area contributed by atoms with Crippen LogP contribution in [-0.4, -0.2) is 25.1 Å². The first-order valence-corrected chi connectivity index (χ1v) is 10.3. The number of aryl methyl sites for hydroxylation is 1. The van der Waals surface area contributed by atoms with Crippen LogP contribution in [-0.2, 0) is 9.53 Å². The van der Waals surface area contributed by atoms with Gasteiger partial charge in [-0.25, -0.2) is 4.79 Å². The number of esters is 1. The highest BCUT2D eigenvalue weighted by Crippen LogP contribution is 2.33. The van der Waals surface area contributed by atoms with Gasteiger partial charge in [0, 0.05) is 9.35 Å². The Morgan fingerprint density at radius 2 is 1.96 bits per heavy atom. The third kappa shape index (κ3) is 5.32. The van der Waals surface area contributed by atoms with E-state index < -0.39 is 5.97 Å². The highest BCUT2D eigenvalue weighted by Gasteiger charge is 2.22. The Kier molecular flexibility index (Phi) is 7.44. The highest BCUT2D eigenvalue weighted by atomic mass is 79.9. The largest absolute Gasteiger partial charge is 0.483 e. The lowest BCUT2D eigenvalue weighted by Gasteiger charge is -2.14. The molecule has 0 aliphatic carbocycles. The summed E-state index contributed by atoms with van der Waals surface area (Å²) in [6, 6.07) is 5.71. The normalized spacial score (nSPS) is 10.8. The second kappa shape index (κ2) is 9.37. The van der Waals surface area contributed by atoms with Crippen LogP contribution < -0.4 is 10.1 Å². The maximum Gasteiger partial charge on any atom is 0.341 e. The number of benzene rings is 1. The lowest BCUT2D eigenvalue weighted by atomic mass is 10.0. The van der Waals surface area contributed by atoms with E-state index in [0.29, 0.717) is 16.3 Å². The first kappa shape index (κ1) is 21.4. The zero-order valence-corrected chi connectivity index (χ0v) is 18.5. The molecule has 2 rings (SSSR count). The Morgan fingerprint density at radius 3 is 2.59 bits per heavy atom. The Hall–Kier alpha value is -1.86. The Bertz CT molecular complexity index is 845. The van der Waals surface area contributed by atoms with Crippen molar-refractivity contribution in [2.45, 2.75) is 40.5 Å². The summed E-state index contributed by atoms with van der Waals surface area (Å²) >= 11 is 4.82. The summed E-state index contributed by atoms with van der Waals surface area (Å²) in [4.78, 5) is 25.6. The van der Waals surface area contributed by atoms with E-state index in [2.05, 4.69) is 35.1 Å². The van der Waals surface area contributed by atoms with Gasteiger partial charge in [0.2, 0.25) is 0 Å². The van der Waals surface area contributed by atoms with Crippen molar-refractivity contribution in [2.24, 2.45) is 0 Å². The fraction of sp³-hybridized carbons (Fsp3) is 0.400. The Morgan fingerprint density at radius 1 is 1.26 bits per heavy atom. The molecule has 7 heteroatoms. The average molecular weight is 454 g/mol. The molecule has 1 heterocycles. The molecule has 5 nitrogen and oxygen atoms in total. The fourth-order valence-corrected chi connectivity index (χ4v) is 4.02. The van der Waals surface area contributed by atoms with E-state index in [4.69, 9.17) is 9.47 Å². The number of hydrogen-bond donors (Lipinski definition) is 1. The predicted octanol–water partition coefficient (Wildman–Crippen LogP) is 5.45. The van der Waals surface area contributed by atoms with E-state index >= 15 is 0 Å². The average Bonchev–Trinajstić information content (AvgIpc) is 2.87. The molecular formula is C20H24BrNO4S. The van der Waals surface area contributed by atoms with E-state index in [0.717, 1.165) is 20.5 Å². The zero-order valence-electron chi connectivity index (χ0n) is 16.1. The van der Waals surface area contributed by atoms with Crippen molar-refractivity contribution in [1.82, 2.24) is 0 Å². The molecule has 146 valence electrons. The van der Waals surface area contributed by atoms with Gasteiger partial charge in [-0.05, 0) is 56.0 Å². The predicted molar refractivity (Wildman–Crippen MR) is 112 cm³/mol. The number of thiophene rings is 1. The van der Waals surface area contributed by atoms with Crippen LogP contribution in [0.25, 0.3) is 0 Å². The van der Waals surface area contributed by atoms with Gasteiger partial charge >= 0.3 is 5.97 Å². The van der Waals surface area contributed by atoms with Crippen LogP contribution >= 0.6 is 27.3 Å². The van der Waals surface area contributed by atoms with Gasteiger partial charge in [0.1, 0.15) is 10.8 Å². The smallest absolute Gasteiger partial charge is 0.341 e. The van der Waals surface area contributed by atoms with Crippen LogP contribution in [0.1, 0.15) is 53.1 Å². The minimum atomic E-state index is -0.425. The lowest BCUT2D eigenvalue weighted by molar-refractivity contribution is -0.118. The molecule has 0 spiro atoms. The summed E-state index contributed by atoms with van der Waals surface area (Å²) in [7, 11) is 0. The molecule has 0 saturated carbocycles. The first-order valence-electron chi connectivity index (χ1n) is 8.73. The van der Waals surface area contributed by atoms with Crippen molar-refractivity contribution < 1.29 is 19.1 Å². The Labute approximate surface area is 172 Å². The summed E-state index contributed by atoms with van der Waals surface area (Å²) in [6.07, 6.45) is 0. The maximum absolute atomic E-state index is 12.4. The molecule has 0 radical (unpaired) electrons. The number of nitrogens with one attached hydrogen (secondary N) is 1. The number of amides is 1. The van der Waals surface area contributed by atoms with Crippen molar-refractivity contribution in [2.75, 3.05) is 18.5 Å². The van der Waals surface area contributed by atoms with Gasteiger partial charge in [-0.15, -0.1) is 11.3 Å². The molecular weight excluding hydrogens is 430 g/mol. The summed E-state index contributed by atoms with van der Waals surface area (Å²) in [5.74, 6) is 0.191. The quantitative estimate of drug-likeness (QED) is 0.566. The number of carbonyl (C=O) groups excluding carboxylic acids is 2. The number of anilines is 1. The molecule has 0 fully saturated rings. The van der Waals surface area contributed by atoms with Crippen LogP contribution in [0.15, 0.2) is 22.7 Å². The summed E-state index contributed by atoms with van der Waals surface area (Å²) in [5, 5.41) is 3.28. The summed E-state index contributed by atoms with van der Waals surface area (Å²) in [5.41, 5.74) is 2.26. The minimum absolute atomic E-state index is 0.139. The monoisotopic (exact) mass is 453 g/mol. The van der Waals surface area contributed by atoms with Crippen LogP contribution in [0.4, 0.5) is 5.00 Å². The van der Waals surface area contributed by atoms with Crippen molar-refractivity contribution >= 4 is 44.1 Å². The van der Waals surface area contributed by atoms with Gasteiger partial charge < -0.3 is 14.8 Å². The number of carbonyl (C=O) groups is 2. The number of halogens is 1. The maximum atomic E-state index is 12.4. The lowest BCUT2D eigenvalue weighted by Crippen LogP contribution is -2.21. The van der Waals surface area contributed by atoms with Crippen molar-refractivity contribution in [1.29, 1.82) is 0 Å². The fourth-order valence-electron chi connectivity index (χ4n) is 2.57. The second-order valence-electron chi connectivity index (χ2n) is 6.38. The number of ether oxygens (including phenoxy) is 2. The van der Waals surface area contributed by atoms with Gasteiger partial charge in [-0.2, -0.15) is 0 Å². The van der Waals surface area contributed by atoms with Gasteiger partial charge in [0.05, 0.1) is 12.2 Å². The molecule has 27 heavy (non-hydrogen) atoms. The van der Waals surface area contributed by atoms with E-state index in [1.165, 1.54) is 11.3 Å². The number of hydrogen-bond acceptors (Lipinski definition) is 5. The molecule has 1 aromatic carbocycles. The standard InChI is InChI=1S/C20H24BrNO4S/c1-6-25-20(24)18-12(4)13(5)27-19(18)22-17(23)10-26-16-8-7-14(21)9-15(16)11(2)3/h7-9,11H,6,10H2,1-5H3,(H,22,23). The SMILES string of the molecule is CCOC(=O)c1c(NC(=O)COc2ccc(Br)cc2C(C)C)sc(C)c1C. The number of rotatable bonds is 7. The van der Waals surface area contributed by atoms with Gasteiger partial charge in [-0.3, -0.25) is 4.79 Å². The molecule has 1 aromatic heterocycles. The minimum Gasteiger partial charge on any atom is -0.483 e. The van der Waals surface area contributed by atoms with E-state index in [9.17, 15) is 9.59 Å². The van der Waals surface area contributed by atoms with Gasteiger partial charge in [0.15, 0.2) is 6.61 Å². The Balaban J connectivity index is 2.11. The van der Waals surface area contributed by atoms with E-state index in [1.807, 2.05) is 32.0 Å². The van der Waals surface area contributed by atoms with E-state index in [1.54, 1.807) is 6.92 Å². The summed E-state index contributed by atoms with van der Waals surface area (Å²) in [6.45, 7) is 9.79. The molecule has 0 saturated heterocycles. The second-order valence-corrected chi connectivity index (χ2v) is 8.52. The molecule has 0 bridgehead atoms.